The second-order valence-corrected chi connectivity index (χ2v) is 4.89. The zero-order chi connectivity index (χ0) is 14.2. The van der Waals surface area contributed by atoms with Crippen molar-refractivity contribution >= 4 is 12.2 Å². The van der Waals surface area contributed by atoms with Gasteiger partial charge in [0.05, 0.1) is 0 Å². The van der Waals surface area contributed by atoms with Crippen molar-refractivity contribution < 1.29 is 19.3 Å². The molecule has 2 rings (SSSR count). The minimum absolute atomic E-state index is 0.694. The van der Waals surface area contributed by atoms with E-state index in [4.69, 9.17) is 9.68 Å². The van der Waals surface area contributed by atoms with Crippen LogP contribution >= 0.6 is 0 Å². The number of piperidine rings is 2. The molecule has 2 saturated heterocycles. The average Bonchev–Trinajstić information content (AvgIpc) is 2.47. The molecule has 0 aromatic carbocycles. The minimum atomic E-state index is -0.887. The second kappa shape index (κ2) is 7.91. The molecule has 8 nitrogen and oxygen atoms in total. The molecule has 0 aromatic heterocycles. The van der Waals surface area contributed by atoms with Gasteiger partial charge < -0.3 is 9.68 Å². The first kappa shape index (κ1) is 14.9. The van der Waals surface area contributed by atoms with Crippen LogP contribution < -0.4 is 0 Å². The van der Waals surface area contributed by atoms with Crippen LogP contribution in [0.5, 0.6) is 0 Å². The molecule has 0 bridgehead atoms. The lowest BCUT2D eigenvalue weighted by atomic mass is 10.2. The van der Waals surface area contributed by atoms with Gasteiger partial charge in [-0.25, -0.2) is 9.59 Å². The first-order chi connectivity index (χ1) is 9.74. The van der Waals surface area contributed by atoms with Crippen molar-refractivity contribution in [1.82, 2.24) is 10.1 Å². The Morgan fingerprint density at radius 1 is 0.650 bits per heavy atom. The number of carbonyl (C=O) groups is 2. The van der Waals surface area contributed by atoms with Crippen molar-refractivity contribution in [3.8, 4) is 0 Å². The lowest BCUT2D eigenvalue weighted by Gasteiger charge is -2.23. The molecule has 0 unspecified atom stereocenters. The lowest BCUT2D eigenvalue weighted by molar-refractivity contribution is -0.111. The van der Waals surface area contributed by atoms with Gasteiger partial charge in [-0.15, -0.1) is 10.1 Å². The van der Waals surface area contributed by atoms with Crippen LogP contribution in [-0.4, -0.2) is 48.5 Å². The molecule has 0 spiro atoms. The zero-order valence-corrected chi connectivity index (χ0v) is 11.5. The predicted molar refractivity (Wildman–Crippen MR) is 68.7 cm³/mol. The van der Waals surface area contributed by atoms with Crippen LogP contribution in [0.3, 0.4) is 0 Å². The molecule has 20 heavy (non-hydrogen) atoms. The molecule has 2 amide bonds. The van der Waals surface area contributed by atoms with Crippen LogP contribution in [0.1, 0.15) is 38.5 Å². The lowest BCUT2D eigenvalue weighted by Crippen LogP contribution is -2.32. The van der Waals surface area contributed by atoms with E-state index >= 15 is 0 Å². The summed E-state index contributed by atoms with van der Waals surface area (Å²) in [5.74, 6) is 0. The highest BCUT2D eigenvalue weighted by Gasteiger charge is 2.17. The molecule has 112 valence electrons. The summed E-state index contributed by atoms with van der Waals surface area (Å²) >= 11 is 0. The highest BCUT2D eigenvalue weighted by atomic mass is 16.7. The van der Waals surface area contributed by atoms with Crippen molar-refractivity contribution in [3.05, 3.63) is 0 Å². The van der Waals surface area contributed by atoms with E-state index in [0.717, 1.165) is 38.5 Å². The topological polar surface area (TPSA) is 83.8 Å². The highest BCUT2D eigenvalue weighted by molar-refractivity contribution is 5.72. The monoisotopic (exact) mass is 284 g/mol. The van der Waals surface area contributed by atoms with E-state index in [1.54, 1.807) is 10.1 Å². The Kier molecular flexibility index (Phi) is 5.87. The summed E-state index contributed by atoms with van der Waals surface area (Å²) in [6, 6.07) is 0. The Morgan fingerprint density at radius 2 is 1.00 bits per heavy atom. The number of rotatable bonds is 2. The van der Waals surface area contributed by atoms with E-state index in [-0.39, 0.29) is 0 Å². The van der Waals surface area contributed by atoms with Gasteiger partial charge in [-0.1, -0.05) is 23.1 Å². The molecule has 0 saturated carbocycles. The van der Waals surface area contributed by atoms with E-state index in [1.165, 1.54) is 0 Å². The number of amides is 2. The van der Waals surface area contributed by atoms with E-state index in [1.807, 2.05) is 0 Å². The number of azo groups is 1. The standard InChI is InChI=1S/C12H20N4O4/c17-11(19-15-7-3-1-4-8-15)13-14-12(18)20-16-9-5-2-6-10-16/h1-10H2/b14-13+. The molecular weight excluding hydrogens is 264 g/mol. The third-order valence-corrected chi connectivity index (χ3v) is 3.26. The highest BCUT2D eigenvalue weighted by Crippen LogP contribution is 2.11. The number of nitrogens with zero attached hydrogens (tertiary/aromatic N) is 4. The molecule has 2 heterocycles. The van der Waals surface area contributed by atoms with Gasteiger partial charge in [0.2, 0.25) is 0 Å². The normalized spacial score (nSPS) is 21.8. The van der Waals surface area contributed by atoms with E-state index in [9.17, 15) is 9.59 Å². The van der Waals surface area contributed by atoms with E-state index < -0.39 is 12.2 Å². The minimum Gasteiger partial charge on any atom is -0.348 e. The van der Waals surface area contributed by atoms with Crippen molar-refractivity contribution in [2.24, 2.45) is 10.2 Å². The third kappa shape index (κ3) is 5.22. The van der Waals surface area contributed by atoms with Gasteiger partial charge in [-0.2, -0.15) is 0 Å². The predicted octanol–water partition coefficient (Wildman–Crippen LogP) is 2.51. The van der Waals surface area contributed by atoms with Crippen LogP contribution in [0.25, 0.3) is 0 Å². The Hall–Kier alpha value is -1.54. The fourth-order valence-corrected chi connectivity index (χ4v) is 2.25. The van der Waals surface area contributed by atoms with Gasteiger partial charge >= 0.3 is 12.2 Å². The molecule has 0 aliphatic carbocycles. The Morgan fingerprint density at radius 3 is 1.35 bits per heavy atom. The molecule has 0 radical (unpaired) electrons. The number of hydrogen-bond acceptors (Lipinski definition) is 6. The van der Waals surface area contributed by atoms with Crippen LogP contribution in [0.4, 0.5) is 9.59 Å². The first-order valence-electron chi connectivity index (χ1n) is 7.09. The Bertz CT molecular complexity index is 328. The first-order valence-corrected chi connectivity index (χ1v) is 7.09. The van der Waals surface area contributed by atoms with Gasteiger partial charge in [0.1, 0.15) is 0 Å². The molecular formula is C12H20N4O4. The fourth-order valence-electron chi connectivity index (χ4n) is 2.25. The van der Waals surface area contributed by atoms with Gasteiger partial charge in [-0.3, -0.25) is 0 Å². The summed E-state index contributed by atoms with van der Waals surface area (Å²) in [5.41, 5.74) is 0. The molecule has 0 aromatic rings. The summed E-state index contributed by atoms with van der Waals surface area (Å²) in [6.07, 6.45) is 4.45. The smallest absolute Gasteiger partial charge is 0.348 e. The van der Waals surface area contributed by atoms with Crippen molar-refractivity contribution in [2.45, 2.75) is 38.5 Å². The van der Waals surface area contributed by atoms with Gasteiger partial charge in [0, 0.05) is 26.2 Å². The zero-order valence-electron chi connectivity index (χ0n) is 11.5. The average molecular weight is 284 g/mol. The maximum absolute atomic E-state index is 11.4. The van der Waals surface area contributed by atoms with Crippen LogP contribution in [0.15, 0.2) is 10.2 Å². The number of hydrogen-bond donors (Lipinski definition) is 0. The number of carbonyl (C=O) groups excluding carboxylic acids is 2. The van der Waals surface area contributed by atoms with Crippen molar-refractivity contribution in [1.29, 1.82) is 0 Å². The summed E-state index contributed by atoms with van der Waals surface area (Å²) in [4.78, 5) is 32.6. The molecule has 0 N–H and O–H groups in total. The van der Waals surface area contributed by atoms with Gasteiger partial charge in [-0.05, 0) is 25.7 Å². The number of hydroxylamine groups is 4. The Labute approximate surface area is 117 Å². The molecule has 2 aliphatic heterocycles. The summed E-state index contributed by atoms with van der Waals surface area (Å²) in [7, 11) is 0. The Balaban J connectivity index is 1.67. The molecule has 2 fully saturated rings. The van der Waals surface area contributed by atoms with Crippen LogP contribution in [0, 0.1) is 0 Å². The maximum atomic E-state index is 11.4. The maximum Gasteiger partial charge on any atom is 0.471 e. The molecule has 2 aliphatic rings. The SMILES string of the molecule is O=C(/N=N/C(=O)ON1CCCCC1)ON1CCCCC1. The van der Waals surface area contributed by atoms with E-state index in [2.05, 4.69) is 10.2 Å². The summed E-state index contributed by atoms with van der Waals surface area (Å²) in [6.45, 7) is 2.78. The van der Waals surface area contributed by atoms with E-state index in [0.29, 0.717) is 26.2 Å². The third-order valence-electron chi connectivity index (χ3n) is 3.26. The summed E-state index contributed by atoms with van der Waals surface area (Å²) < 4.78 is 0. The molecule has 0 atom stereocenters. The van der Waals surface area contributed by atoms with Crippen molar-refractivity contribution in [3.63, 3.8) is 0 Å². The fraction of sp³-hybridized carbons (Fsp3) is 0.833. The largest absolute Gasteiger partial charge is 0.471 e. The van der Waals surface area contributed by atoms with Crippen LogP contribution in [-0.2, 0) is 9.68 Å². The summed E-state index contributed by atoms with van der Waals surface area (Å²) in [5, 5.41) is 9.49. The second-order valence-electron chi connectivity index (χ2n) is 4.89. The van der Waals surface area contributed by atoms with Crippen molar-refractivity contribution in [2.75, 3.05) is 26.2 Å². The van der Waals surface area contributed by atoms with Gasteiger partial charge in [0.15, 0.2) is 0 Å². The molecule has 8 heteroatoms. The van der Waals surface area contributed by atoms with Gasteiger partial charge in [0.25, 0.3) is 0 Å². The quantitative estimate of drug-likeness (QED) is 0.724. The van der Waals surface area contributed by atoms with Crippen LogP contribution in [0.2, 0.25) is 0 Å².